The van der Waals surface area contributed by atoms with Crippen molar-refractivity contribution in [2.24, 2.45) is 5.41 Å². The van der Waals surface area contributed by atoms with Gasteiger partial charge in [-0.15, -0.1) is 0 Å². The van der Waals surface area contributed by atoms with E-state index in [1.807, 2.05) is 45.9 Å². The van der Waals surface area contributed by atoms with Gasteiger partial charge in [-0.25, -0.2) is 4.79 Å². The third-order valence-corrected chi connectivity index (χ3v) is 5.79. The van der Waals surface area contributed by atoms with Crippen LogP contribution in [0.4, 0.5) is 0 Å². The molecule has 0 radical (unpaired) electrons. The number of esters is 1. The number of ether oxygens (including phenoxy) is 3. The Morgan fingerprint density at radius 3 is 2.56 bits per heavy atom. The second-order valence-corrected chi connectivity index (χ2v) is 9.64. The van der Waals surface area contributed by atoms with E-state index in [1.54, 1.807) is 7.11 Å². The van der Waals surface area contributed by atoms with E-state index in [0.717, 1.165) is 29.8 Å². The van der Waals surface area contributed by atoms with Crippen LogP contribution in [0.2, 0.25) is 0 Å². The van der Waals surface area contributed by atoms with E-state index in [0.29, 0.717) is 35.7 Å². The van der Waals surface area contributed by atoms with Gasteiger partial charge in [-0.1, -0.05) is 26.8 Å². The molecule has 1 heterocycles. The Balaban J connectivity index is 2.15. The summed E-state index contributed by atoms with van der Waals surface area (Å²) in [5.41, 5.74) is 3.39. The minimum absolute atomic E-state index is 0.0568. The summed E-state index contributed by atoms with van der Waals surface area (Å²) in [4.78, 5) is 26.5. The van der Waals surface area contributed by atoms with E-state index < -0.39 is 11.9 Å². The zero-order valence-corrected chi connectivity index (χ0v) is 20.3. The summed E-state index contributed by atoms with van der Waals surface area (Å²) in [7, 11) is 1.59. The predicted octanol–water partition coefficient (Wildman–Crippen LogP) is 5.04. The maximum atomic E-state index is 13.4. The van der Waals surface area contributed by atoms with Crippen LogP contribution in [0.15, 0.2) is 40.7 Å². The Labute approximate surface area is 191 Å². The number of hydrogen-bond donors (Lipinski definition) is 1. The molecule has 174 valence electrons. The molecule has 1 aromatic rings. The lowest BCUT2D eigenvalue weighted by Crippen LogP contribution is -2.39. The second-order valence-electron chi connectivity index (χ2n) is 9.64. The van der Waals surface area contributed by atoms with Crippen molar-refractivity contribution in [3.05, 3.63) is 46.3 Å². The van der Waals surface area contributed by atoms with Gasteiger partial charge in [-0.3, -0.25) is 4.79 Å². The first-order chi connectivity index (χ1) is 15.1. The highest BCUT2D eigenvalue weighted by Gasteiger charge is 2.43. The third-order valence-electron chi connectivity index (χ3n) is 5.79. The summed E-state index contributed by atoms with van der Waals surface area (Å²) < 4.78 is 17.0. The summed E-state index contributed by atoms with van der Waals surface area (Å²) in [5.74, 6) is 0.347. The molecule has 6 heteroatoms. The molecule has 0 fully saturated rings. The van der Waals surface area contributed by atoms with Crippen LogP contribution in [0.1, 0.15) is 72.3 Å². The fourth-order valence-electron chi connectivity index (χ4n) is 4.51. The quantitative estimate of drug-likeness (QED) is 0.598. The number of allylic oxidation sites excluding steroid dienone is 3. The average Bonchev–Trinajstić information content (AvgIpc) is 2.69. The van der Waals surface area contributed by atoms with Crippen LogP contribution in [0.5, 0.6) is 11.5 Å². The number of nitrogens with one attached hydrogen (secondary N) is 1. The summed E-state index contributed by atoms with van der Waals surface area (Å²) >= 11 is 0. The van der Waals surface area contributed by atoms with Crippen molar-refractivity contribution in [3.8, 4) is 11.5 Å². The van der Waals surface area contributed by atoms with E-state index in [1.165, 1.54) is 0 Å². The third kappa shape index (κ3) is 4.84. The molecule has 1 aliphatic carbocycles. The number of ketones is 1. The van der Waals surface area contributed by atoms with Gasteiger partial charge in [0.05, 0.1) is 25.4 Å². The first-order valence-electron chi connectivity index (χ1n) is 11.3. The first-order valence-corrected chi connectivity index (χ1v) is 11.3. The lowest BCUT2D eigenvalue weighted by atomic mass is 9.68. The molecular formula is C26H35NO5. The normalized spacial score (nSPS) is 20.1. The number of carbonyl (C=O) groups excluding carboxylic acids is 2. The Morgan fingerprint density at radius 1 is 1.22 bits per heavy atom. The van der Waals surface area contributed by atoms with Crippen molar-refractivity contribution in [1.82, 2.24) is 5.32 Å². The highest BCUT2D eigenvalue weighted by molar-refractivity contribution is 6.04. The van der Waals surface area contributed by atoms with Crippen LogP contribution in [-0.2, 0) is 14.3 Å². The second kappa shape index (κ2) is 9.39. The Hall–Kier alpha value is -2.76. The molecule has 3 rings (SSSR count). The van der Waals surface area contributed by atoms with Crippen LogP contribution in [0.3, 0.4) is 0 Å². The zero-order valence-electron chi connectivity index (χ0n) is 20.3. The Bertz CT molecular complexity index is 970. The van der Waals surface area contributed by atoms with Crippen molar-refractivity contribution < 1.29 is 23.8 Å². The van der Waals surface area contributed by atoms with Crippen LogP contribution in [0.25, 0.3) is 0 Å². The van der Waals surface area contributed by atoms with Gasteiger partial charge in [-0.05, 0) is 56.7 Å². The number of methoxy groups -OCH3 is 1. The van der Waals surface area contributed by atoms with Gasteiger partial charge in [0, 0.05) is 29.3 Å². The summed E-state index contributed by atoms with van der Waals surface area (Å²) in [6.45, 7) is 12.3. The van der Waals surface area contributed by atoms with Gasteiger partial charge >= 0.3 is 5.97 Å². The standard InChI is InChI=1S/C26H35NO5/c1-8-11-31-20-10-9-17(12-21(20)30-7)23-22(25(29)32-15(2)3)16(4)27-18-13-26(5,6)14-19(28)24(18)23/h9-10,12,15,23,27H,8,11,13-14H2,1-7H3/t23-/m0/s1. The highest BCUT2D eigenvalue weighted by atomic mass is 16.5. The molecular weight excluding hydrogens is 406 g/mol. The van der Waals surface area contributed by atoms with E-state index >= 15 is 0 Å². The molecule has 0 saturated heterocycles. The fraction of sp³-hybridized carbons (Fsp3) is 0.538. The largest absolute Gasteiger partial charge is 0.493 e. The highest BCUT2D eigenvalue weighted by Crippen LogP contribution is 2.48. The van der Waals surface area contributed by atoms with Crippen LogP contribution >= 0.6 is 0 Å². The fourth-order valence-corrected chi connectivity index (χ4v) is 4.51. The number of rotatable bonds is 7. The zero-order chi connectivity index (χ0) is 23.6. The minimum atomic E-state index is -0.518. The molecule has 1 aromatic carbocycles. The lowest BCUT2D eigenvalue weighted by Gasteiger charge is -2.39. The SMILES string of the molecule is CCCOc1ccc([C@H]2C(C(=O)OC(C)C)=C(C)NC3=C2C(=O)CC(C)(C)C3)cc1OC. The molecule has 6 nitrogen and oxygen atoms in total. The lowest BCUT2D eigenvalue weighted by molar-refractivity contribution is -0.143. The molecule has 1 N–H and O–H groups in total. The van der Waals surface area contributed by atoms with E-state index in [-0.39, 0.29) is 17.3 Å². The van der Waals surface area contributed by atoms with E-state index in [9.17, 15) is 9.59 Å². The summed E-state index contributed by atoms with van der Waals surface area (Å²) in [5, 5.41) is 3.36. The van der Waals surface area contributed by atoms with Crippen molar-refractivity contribution in [2.45, 2.75) is 72.8 Å². The monoisotopic (exact) mass is 441 g/mol. The summed E-state index contributed by atoms with van der Waals surface area (Å²) in [6.07, 6.45) is 1.79. The van der Waals surface area contributed by atoms with Gasteiger partial charge < -0.3 is 19.5 Å². The molecule has 0 bridgehead atoms. The molecule has 0 unspecified atom stereocenters. The van der Waals surface area contributed by atoms with Crippen LogP contribution in [-0.4, -0.2) is 31.6 Å². The Kier molecular flexibility index (Phi) is 7.01. The molecule has 2 aliphatic rings. The van der Waals surface area contributed by atoms with Gasteiger partial charge in [-0.2, -0.15) is 0 Å². The van der Waals surface area contributed by atoms with Gasteiger partial charge in [0.2, 0.25) is 0 Å². The number of carbonyl (C=O) groups is 2. The van der Waals surface area contributed by atoms with Crippen LogP contribution < -0.4 is 14.8 Å². The van der Waals surface area contributed by atoms with Crippen molar-refractivity contribution in [2.75, 3.05) is 13.7 Å². The number of hydrogen-bond acceptors (Lipinski definition) is 6. The molecule has 0 saturated carbocycles. The van der Waals surface area contributed by atoms with Crippen molar-refractivity contribution in [1.29, 1.82) is 0 Å². The van der Waals surface area contributed by atoms with Gasteiger partial charge in [0.1, 0.15) is 0 Å². The molecule has 32 heavy (non-hydrogen) atoms. The first kappa shape index (κ1) is 23.9. The predicted molar refractivity (Wildman–Crippen MR) is 124 cm³/mol. The van der Waals surface area contributed by atoms with Crippen molar-refractivity contribution >= 4 is 11.8 Å². The smallest absolute Gasteiger partial charge is 0.337 e. The van der Waals surface area contributed by atoms with Gasteiger partial charge in [0.25, 0.3) is 0 Å². The maximum Gasteiger partial charge on any atom is 0.337 e. The van der Waals surface area contributed by atoms with Crippen molar-refractivity contribution in [3.63, 3.8) is 0 Å². The van der Waals surface area contributed by atoms with E-state index in [2.05, 4.69) is 19.2 Å². The molecule has 0 aromatic heterocycles. The topological polar surface area (TPSA) is 73.9 Å². The molecule has 0 spiro atoms. The average molecular weight is 442 g/mol. The number of benzene rings is 1. The molecule has 1 aliphatic heterocycles. The minimum Gasteiger partial charge on any atom is -0.493 e. The van der Waals surface area contributed by atoms with Crippen LogP contribution in [0, 0.1) is 5.41 Å². The maximum absolute atomic E-state index is 13.4. The molecule has 1 atom stereocenters. The van der Waals surface area contributed by atoms with Gasteiger partial charge in [0.15, 0.2) is 17.3 Å². The Morgan fingerprint density at radius 2 is 1.94 bits per heavy atom. The van der Waals surface area contributed by atoms with E-state index in [4.69, 9.17) is 14.2 Å². The molecule has 0 amide bonds. The summed E-state index contributed by atoms with van der Waals surface area (Å²) in [6, 6.07) is 5.63. The number of dihydropyridines is 1. The number of Topliss-reactive ketones (excluding diaryl/α,β-unsaturated/α-hetero) is 1.